The van der Waals surface area contributed by atoms with Crippen molar-refractivity contribution in [2.45, 2.75) is 17.1 Å². The lowest BCUT2D eigenvalue weighted by molar-refractivity contribution is -0.384. The minimum Gasteiger partial charge on any atom is -0.325 e. The highest BCUT2D eigenvalue weighted by atomic mass is 32.2. The molecule has 0 heterocycles. The number of hydrogen-bond acceptors (Lipinski definition) is 6. The van der Waals surface area contributed by atoms with Crippen molar-refractivity contribution in [2.24, 2.45) is 0 Å². The normalized spacial score (nSPS) is 11.3. The van der Waals surface area contributed by atoms with Gasteiger partial charge in [-0.05, 0) is 67.1 Å². The average Bonchev–Trinajstić information content (AvgIpc) is 2.92. The highest BCUT2D eigenvalue weighted by Crippen LogP contribution is 2.37. The number of carbonyl (C=O) groups excluding carboxylic acids is 3. The van der Waals surface area contributed by atoms with Gasteiger partial charge in [-0.2, -0.15) is 0 Å². The maximum Gasteiger partial charge on any atom is 0.269 e. The summed E-state index contributed by atoms with van der Waals surface area (Å²) >= 11 is 1.33. The van der Waals surface area contributed by atoms with E-state index in [9.17, 15) is 24.5 Å². The zero-order chi connectivity index (χ0) is 27.1. The third-order valence-electron chi connectivity index (χ3n) is 5.59. The fourth-order valence-electron chi connectivity index (χ4n) is 3.62. The first-order valence-corrected chi connectivity index (χ1v) is 12.5. The van der Waals surface area contributed by atoms with Gasteiger partial charge in [-0.25, -0.2) is 0 Å². The number of anilines is 2. The van der Waals surface area contributed by atoms with E-state index in [1.165, 1.54) is 43.0 Å². The number of nitrogens with zero attached hydrogens (tertiary/aromatic N) is 1. The lowest BCUT2D eigenvalue weighted by Crippen LogP contribution is -2.19. The molecular weight excluding hydrogens is 502 g/mol. The number of carbonyl (C=O) groups is 3. The van der Waals surface area contributed by atoms with E-state index in [0.29, 0.717) is 16.9 Å². The fraction of sp³-hybridized carbons (Fsp3) is 0.0690. The Morgan fingerprint density at radius 2 is 1.42 bits per heavy atom. The Bertz CT molecular complexity index is 1470. The van der Waals surface area contributed by atoms with Gasteiger partial charge in [0.2, 0.25) is 5.91 Å². The SMILES string of the molecule is CC(=O)c1ccc(NC(=O)C(Sc2cccc(NC(=O)c3ccc([N+](=O)[O-])cc3)c2)c2ccccc2)cc1. The summed E-state index contributed by atoms with van der Waals surface area (Å²) in [6, 6.07) is 28.5. The molecule has 4 aromatic rings. The Kier molecular flexibility index (Phi) is 8.30. The Labute approximate surface area is 223 Å². The average molecular weight is 526 g/mol. The van der Waals surface area contributed by atoms with Crippen LogP contribution in [-0.2, 0) is 4.79 Å². The van der Waals surface area contributed by atoms with E-state index in [0.717, 1.165) is 10.5 Å². The van der Waals surface area contributed by atoms with Crippen molar-refractivity contribution in [1.29, 1.82) is 0 Å². The molecule has 0 aromatic heterocycles. The van der Waals surface area contributed by atoms with E-state index in [-0.39, 0.29) is 22.9 Å². The largest absolute Gasteiger partial charge is 0.325 e. The van der Waals surface area contributed by atoms with Crippen LogP contribution in [-0.4, -0.2) is 22.5 Å². The molecule has 0 saturated heterocycles. The standard InChI is InChI=1S/C29H23N3O5S/c1-19(33)20-10-14-23(15-11-20)30-29(35)27(21-6-3-2-4-7-21)38-26-9-5-8-24(18-26)31-28(34)22-12-16-25(17-13-22)32(36)37/h2-18,27H,1H3,(H,30,35)(H,31,34). The van der Waals surface area contributed by atoms with Crippen LogP contribution in [0.25, 0.3) is 0 Å². The third-order valence-corrected chi connectivity index (χ3v) is 6.83. The summed E-state index contributed by atoms with van der Waals surface area (Å²) < 4.78 is 0. The Morgan fingerprint density at radius 1 is 0.763 bits per heavy atom. The van der Waals surface area contributed by atoms with Crippen LogP contribution in [0.2, 0.25) is 0 Å². The molecule has 1 atom stereocenters. The molecule has 38 heavy (non-hydrogen) atoms. The molecule has 0 radical (unpaired) electrons. The van der Waals surface area contributed by atoms with Gasteiger partial charge in [0.1, 0.15) is 5.25 Å². The van der Waals surface area contributed by atoms with E-state index < -0.39 is 16.1 Å². The zero-order valence-corrected chi connectivity index (χ0v) is 21.1. The number of amides is 2. The first-order chi connectivity index (χ1) is 18.3. The lowest BCUT2D eigenvalue weighted by atomic mass is 10.1. The summed E-state index contributed by atoms with van der Waals surface area (Å²) in [5.41, 5.74) is 2.64. The van der Waals surface area contributed by atoms with Gasteiger partial charge in [0, 0.05) is 39.5 Å². The molecule has 2 amide bonds. The number of nitro groups is 1. The first-order valence-electron chi connectivity index (χ1n) is 11.6. The van der Waals surface area contributed by atoms with Crippen molar-refractivity contribution < 1.29 is 19.3 Å². The summed E-state index contributed by atoms with van der Waals surface area (Å²) in [5.74, 6) is -0.702. The van der Waals surface area contributed by atoms with Crippen LogP contribution >= 0.6 is 11.8 Å². The van der Waals surface area contributed by atoms with Crippen LogP contribution in [0, 0.1) is 10.1 Å². The number of benzene rings is 4. The smallest absolute Gasteiger partial charge is 0.269 e. The van der Waals surface area contributed by atoms with Crippen molar-refractivity contribution in [3.8, 4) is 0 Å². The molecule has 4 rings (SSSR count). The number of hydrogen-bond donors (Lipinski definition) is 2. The predicted octanol–water partition coefficient (Wildman–Crippen LogP) is 6.52. The Balaban J connectivity index is 1.51. The number of nitrogens with one attached hydrogen (secondary N) is 2. The van der Waals surface area contributed by atoms with Gasteiger partial charge in [0.05, 0.1) is 4.92 Å². The summed E-state index contributed by atoms with van der Waals surface area (Å²) in [5, 5.41) is 16.0. The van der Waals surface area contributed by atoms with Crippen LogP contribution in [0.3, 0.4) is 0 Å². The van der Waals surface area contributed by atoms with Crippen LogP contribution in [0.1, 0.15) is 38.5 Å². The first kappa shape index (κ1) is 26.3. The lowest BCUT2D eigenvalue weighted by Gasteiger charge is -2.18. The van der Waals surface area contributed by atoms with E-state index >= 15 is 0 Å². The topological polar surface area (TPSA) is 118 Å². The summed E-state index contributed by atoms with van der Waals surface area (Å²) in [4.78, 5) is 48.6. The van der Waals surface area contributed by atoms with Crippen molar-refractivity contribution in [3.05, 3.63) is 130 Å². The van der Waals surface area contributed by atoms with E-state index in [1.807, 2.05) is 36.4 Å². The quantitative estimate of drug-likeness (QED) is 0.111. The van der Waals surface area contributed by atoms with Gasteiger partial charge in [0.25, 0.3) is 11.6 Å². The van der Waals surface area contributed by atoms with Crippen LogP contribution in [0.15, 0.2) is 108 Å². The van der Waals surface area contributed by atoms with Gasteiger partial charge >= 0.3 is 0 Å². The minimum absolute atomic E-state index is 0.0545. The highest BCUT2D eigenvalue weighted by Gasteiger charge is 2.22. The molecule has 190 valence electrons. The monoisotopic (exact) mass is 525 g/mol. The highest BCUT2D eigenvalue weighted by molar-refractivity contribution is 8.00. The molecule has 8 nitrogen and oxygen atoms in total. The molecule has 0 aliphatic heterocycles. The van der Waals surface area contributed by atoms with E-state index in [4.69, 9.17) is 0 Å². The van der Waals surface area contributed by atoms with E-state index in [2.05, 4.69) is 10.6 Å². The molecule has 0 fully saturated rings. The van der Waals surface area contributed by atoms with Crippen LogP contribution in [0.5, 0.6) is 0 Å². The number of thioether (sulfide) groups is 1. The number of rotatable bonds is 9. The Morgan fingerprint density at radius 3 is 2.05 bits per heavy atom. The second-order valence-corrected chi connectivity index (χ2v) is 9.50. The molecule has 4 aromatic carbocycles. The van der Waals surface area contributed by atoms with Crippen molar-refractivity contribution in [3.63, 3.8) is 0 Å². The number of Topliss-reactive ketones (excluding diaryl/α,β-unsaturated/α-hetero) is 1. The second-order valence-electron chi connectivity index (χ2n) is 8.32. The van der Waals surface area contributed by atoms with Gasteiger partial charge in [-0.15, -0.1) is 11.8 Å². The summed E-state index contributed by atoms with van der Waals surface area (Å²) in [6.07, 6.45) is 0. The summed E-state index contributed by atoms with van der Waals surface area (Å²) in [6.45, 7) is 1.48. The molecule has 0 spiro atoms. The van der Waals surface area contributed by atoms with Crippen LogP contribution < -0.4 is 10.6 Å². The number of nitro benzene ring substituents is 1. The van der Waals surface area contributed by atoms with Gasteiger partial charge < -0.3 is 10.6 Å². The number of non-ortho nitro benzene ring substituents is 1. The maximum atomic E-state index is 13.3. The molecule has 0 bridgehead atoms. The molecule has 2 N–H and O–H groups in total. The van der Waals surface area contributed by atoms with Crippen molar-refractivity contribution >= 4 is 46.4 Å². The van der Waals surface area contributed by atoms with Gasteiger partial charge in [-0.1, -0.05) is 36.4 Å². The fourth-order valence-corrected chi connectivity index (χ4v) is 4.70. The number of ketones is 1. The minimum atomic E-state index is -0.593. The Hall–Kier alpha value is -4.76. The summed E-state index contributed by atoms with van der Waals surface area (Å²) in [7, 11) is 0. The van der Waals surface area contributed by atoms with Gasteiger partial charge in [-0.3, -0.25) is 24.5 Å². The van der Waals surface area contributed by atoms with E-state index in [1.54, 1.807) is 42.5 Å². The zero-order valence-electron chi connectivity index (χ0n) is 20.3. The molecule has 0 saturated carbocycles. The molecule has 0 aliphatic carbocycles. The molecular formula is C29H23N3O5S. The molecule has 9 heteroatoms. The third kappa shape index (κ3) is 6.71. The van der Waals surface area contributed by atoms with Crippen molar-refractivity contribution in [1.82, 2.24) is 0 Å². The van der Waals surface area contributed by atoms with Crippen molar-refractivity contribution in [2.75, 3.05) is 10.6 Å². The second kappa shape index (κ2) is 12.0. The molecule has 0 aliphatic rings. The predicted molar refractivity (Wildman–Crippen MR) is 148 cm³/mol. The van der Waals surface area contributed by atoms with Crippen LogP contribution in [0.4, 0.5) is 17.1 Å². The van der Waals surface area contributed by atoms with Gasteiger partial charge in [0.15, 0.2) is 5.78 Å². The maximum absolute atomic E-state index is 13.3. The molecule has 1 unspecified atom stereocenters.